The minimum Gasteiger partial charge on any atom is -0.457 e. The van der Waals surface area contributed by atoms with Gasteiger partial charge in [0.15, 0.2) is 11.6 Å². The molecule has 0 saturated carbocycles. The lowest BCUT2D eigenvalue weighted by molar-refractivity contribution is -0.140. The Labute approximate surface area is 189 Å². The highest BCUT2D eigenvalue weighted by atomic mass is 19.4. The van der Waals surface area contributed by atoms with Crippen LogP contribution < -0.4 is 15.4 Å². The Hall–Kier alpha value is -4.03. The summed E-state index contributed by atoms with van der Waals surface area (Å²) in [6.07, 6.45) is -2.10. The van der Waals surface area contributed by atoms with Gasteiger partial charge in [-0.1, -0.05) is 6.07 Å². The van der Waals surface area contributed by atoms with E-state index in [0.29, 0.717) is 12.1 Å². The van der Waals surface area contributed by atoms with E-state index in [4.69, 9.17) is 4.74 Å². The number of nitrogens with one attached hydrogen (secondary N) is 2. The number of hydrogen-bond donors (Lipinski definition) is 2. The van der Waals surface area contributed by atoms with Gasteiger partial charge in [0, 0.05) is 18.7 Å². The molecule has 3 rings (SSSR count). The third-order valence-electron chi connectivity index (χ3n) is 4.46. The van der Waals surface area contributed by atoms with Crippen LogP contribution in [0.5, 0.6) is 11.5 Å². The molecule has 0 aliphatic carbocycles. The number of carbonyl (C=O) groups excluding carboxylic acids is 2. The van der Waals surface area contributed by atoms with Crippen molar-refractivity contribution in [2.75, 3.05) is 0 Å². The highest BCUT2D eigenvalue weighted by molar-refractivity contribution is 6.35. The molecule has 2 amide bonds. The van der Waals surface area contributed by atoms with E-state index in [2.05, 4.69) is 20.7 Å². The van der Waals surface area contributed by atoms with Crippen LogP contribution in [0.4, 0.5) is 22.0 Å². The number of nitrogens with zero attached hydrogens (tertiary/aromatic N) is 3. The maximum absolute atomic E-state index is 13.5. The van der Waals surface area contributed by atoms with Crippen LogP contribution in [0.3, 0.4) is 0 Å². The van der Waals surface area contributed by atoms with Crippen LogP contribution in [0.25, 0.3) is 0 Å². The number of amides is 2. The summed E-state index contributed by atoms with van der Waals surface area (Å²) in [6.45, 7) is 1.25. The van der Waals surface area contributed by atoms with Gasteiger partial charge in [0.1, 0.15) is 24.2 Å². The van der Waals surface area contributed by atoms with Crippen LogP contribution in [0, 0.1) is 11.6 Å². The molecule has 8 nitrogen and oxygen atoms in total. The van der Waals surface area contributed by atoms with Crippen molar-refractivity contribution in [3.05, 3.63) is 71.8 Å². The number of aromatic nitrogens is 3. The molecule has 1 atom stereocenters. The van der Waals surface area contributed by atoms with Crippen LogP contribution in [0.2, 0.25) is 0 Å². The normalized spacial score (nSPS) is 12.2. The van der Waals surface area contributed by atoms with E-state index >= 15 is 0 Å². The average molecular weight is 483 g/mol. The standard InChI is InChI=1S/C21H18F5N5O3/c1-12(9-31-11-27-10-29-31)30-20(33)19(32)28-8-13-2-3-14(6-16(13)21(24,25)26)34-15-4-5-17(22)18(23)7-15/h2-7,10-12H,8-9H2,1H3,(H,28,32)(H,30,33). The first-order chi connectivity index (χ1) is 16.0. The zero-order valence-electron chi connectivity index (χ0n) is 17.6. The van der Waals surface area contributed by atoms with Crippen molar-refractivity contribution in [3.63, 3.8) is 0 Å². The van der Waals surface area contributed by atoms with Crippen LogP contribution in [-0.2, 0) is 28.9 Å². The number of halogens is 5. The fraction of sp³-hybridized carbons (Fsp3) is 0.238. The lowest BCUT2D eigenvalue weighted by Crippen LogP contribution is -2.44. The largest absolute Gasteiger partial charge is 0.457 e. The van der Waals surface area contributed by atoms with E-state index in [0.717, 1.165) is 24.3 Å². The SMILES string of the molecule is CC(Cn1cncn1)NC(=O)C(=O)NCc1ccc(Oc2ccc(F)c(F)c2)cc1C(F)(F)F. The second kappa shape index (κ2) is 10.3. The topological polar surface area (TPSA) is 98.1 Å². The van der Waals surface area contributed by atoms with Crippen LogP contribution in [0.1, 0.15) is 18.1 Å². The Morgan fingerprint density at radius 1 is 1.06 bits per heavy atom. The van der Waals surface area contributed by atoms with Crippen molar-refractivity contribution in [2.24, 2.45) is 0 Å². The second-order valence-corrected chi connectivity index (χ2v) is 7.17. The van der Waals surface area contributed by atoms with E-state index in [1.165, 1.54) is 17.3 Å². The van der Waals surface area contributed by atoms with Gasteiger partial charge in [-0.05, 0) is 36.8 Å². The monoisotopic (exact) mass is 483 g/mol. The maximum Gasteiger partial charge on any atom is 0.416 e. The summed E-state index contributed by atoms with van der Waals surface area (Å²) in [5.74, 6) is -4.99. The molecule has 1 aromatic heterocycles. The molecule has 0 aliphatic heterocycles. The molecule has 0 fully saturated rings. The Morgan fingerprint density at radius 2 is 1.76 bits per heavy atom. The molecular formula is C21H18F5N5O3. The zero-order valence-corrected chi connectivity index (χ0v) is 17.6. The van der Waals surface area contributed by atoms with Crippen molar-refractivity contribution in [1.82, 2.24) is 25.4 Å². The number of alkyl halides is 3. The zero-order chi connectivity index (χ0) is 24.9. The van der Waals surface area contributed by atoms with Crippen molar-refractivity contribution >= 4 is 11.8 Å². The van der Waals surface area contributed by atoms with Gasteiger partial charge in [-0.3, -0.25) is 14.3 Å². The first-order valence-electron chi connectivity index (χ1n) is 9.77. The van der Waals surface area contributed by atoms with Gasteiger partial charge in [-0.2, -0.15) is 18.3 Å². The van der Waals surface area contributed by atoms with E-state index in [9.17, 15) is 31.5 Å². The number of ether oxygens (including phenoxy) is 1. The first-order valence-corrected chi connectivity index (χ1v) is 9.77. The summed E-state index contributed by atoms with van der Waals surface area (Å²) >= 11 is 0. The van der Waals surface area contributed by atoms with Crippen molar-refractivity contribution in [1.29, 1.82) is 0 Å². The molecule has 2 aromatic carbocycles. The van der Waals surface area contributed by atoms with Crippen molar-refractivity contribution in [2.45, 2.75) is 32.2 Å². The fourth-order valence-electron chi connectivity index (χ4n) is 2.91. The molecule has 34 heavy (non-hydrogen) atoms. The lowest BCUT2D eigenvalue weighted by atomic mass is 10.1. The number of benzene rings is 2. The van der Waals surface area contributed by atoms with Crippen LogP contribution in [0.15, 0.2) is 49.1 Å². The van der Waals surface area contributed by atoms with Gasteiger partial charge in [0.2, 0.25) is 0 Å². The van der Waals surface area contributed by atoms with E-state index < -0.39 is 47.8 Å². The predicted octanol–water partition coefficient (Wildman–Crippen LogP) is 3.19. The molecule has 1 unspecified atom stereocenters. The van der Waals surface area contributed by atoms with Crippen LogP contribution in [-0.4, -0.2) is 32.6 Å². The molecule has 0 saturated heterocycles. The average Bonchev–Trinajstić information content (AvgIpc) is 3.27. The Bertz CT molecular complexity index is 1170. The summed E-state index contributed by atoms with van der Waals surface area (Å²) in [6, 6.07) is 4.89. The van der Waals surface area contributed by atoms with Gasteiger partial charge in [-0.25, -0.2) is 13.8 Å². The first kappa shape index (κ1) is 24.6. The third kappa shape index (κ3) is 6.49. The number of hydrogen-bond acceptors (Lipinski definition) is 5. The molecule has 1 heterocycles. The summed E-state index contributed by atoms with van der Waals surface area (Å²) in [7, 11) is 0. The van der Waals surface area contributed by atoms with Gasteiger partial charge < -0.3 is 15.4 Å². The highest BCUT2D eigenvalue weighted by Gasteiger charge is 2.34. The third-order valence-corrected chi connectivity index (χ3v) is 4.46. The second-order valence-electron chi connectivity index (χ2n) is 7.17. The fourth-order valence-corrected chi connectivity index (χ4v) is 2.91. The minimum absolute atomic E-state index is 0.204. The molecule has 0 bridgehead atoms. The summed E-state index contributed by atoms with van der Waals surface area (Å²) in [5.41, 5.74) is -1.46. The molecule has 0 aliphatic rings. The molecule has 3 aromatic rings. The van der Waals surface area contributed by atoms with Gasteiger partial charge in [0.05, 0.1) is 12.1 Å². The number of carbonyl (C=O) groups is 2. The highest BCUT2D eigenvalue weighted by Crippen LogP contribution is 2.35. The summed E-state index contributed by atoms with van der Waals surface area (Å²) in [4.78, 5) is 27.8. The lowest BCUT2D eigenvalue weighted by Gasteiger charge is -2.16. The molecule has 0 spiro atoms. The van der Waals surface area contributed by atoms with Crippen molar-refractivity contribution < 1.29 is 36.3 Å². The van der Waals surface area contributed by atoms with E-state index in [-0.39, 0.29) is 23.6 Å². The number of rotatable bonds is 7. The Balaban J connectivity index is 1.65. The van der Waals surface area contributed by atoms with Crippen LogP contribution >= 0.6 is 0 Å². The van der Waals surface area contributed by atoms with Gasteiger partial charge >= 0.3 is 18.0 Å². The molecule has 2 N–H and O–H groups in total. The molecular weight excluding hydrogens is 465 g/mol. The quantitative estimate of drug-likeness (QED) is 0.398. The summed E-state index contributed by atoms with van der Waals surface area (Å²) < 4.78 is 73.6. The van der Waals surface area contributed by atoms with Gasteiger partial charge in [0.25, 0.3) is 0 Å². The summed E-state index contributed by atoms with van der Waals surface area (Å²) in [5, 5.41) is 8.41. The smallest absolute Gasteiger partial charge is 0.416 e. The molecule has 0 radical (unpaired) electrons. The van der Waals surface area contributed by atoms with E-state index in [1.54, 1.807) is 6.92 Å². The Kier molecular flexibility index (Phi) is 7.44. The van der Waals surface area contributed by atoms with Gasteiger partial charge in [-0.15, -0.1) is 0 Å². The maximum atomic E-state index is 13.5. The predicted molar refractivity (Wildman–Crippen MR) is 107 cm³/mol. The van der Waals surface area contributed by atoms with E-state index in [1.807, 2.05) is 0 Å². The van der Waals surface area contributed by atoms with Crippen molar-refractivity contribution in [3.8, 4) is 11.5 Å². The molecule has 180 valence electrons. The Morgan fingerprint density at radius 3 is 2.41 bits per heavy atom. The minimum atomic E-state index is -4.82. The molecule has 13 heteroatoms.